The van der Waals surface area contributed by atoms with Crippen molar-refractivity contribution in [1.29, 1.82) is 10.8 Å². The molecule has 24 heavy (non-hydrogen) atoms. The first-order valence-corrected chi connectivity index (χ1v) is 7.47. The zero-order chi connectivity index (χ0) is 17.1. The summed E-state index contributed by atoms with van der Waals surface area (Å²) in [5.41, 5.74) is 10.6. The number of aromatic nitrogens is 2. The van der Waals surface area contributed by atoms with Crippen LogP contribution in [0.2, 0.25) is 0 Å². The number of nitrogens with zero attached hydrogens (tertiary/aromatic N) is 2. The quantitative estimate of drug-likeness (QED) is 0.507. The normalized spacial score (nSPS) is 10.4. The average molecular weight is 315 g/mol. The summed E-state index contributed by atoms with van der Waals surface area (Å²) in [4.78, 5) is 8.39. The van der Waals surface area contributed by atoms with Gasteiger partial charge in [0.05, 0.1) is 5.71 Å². The second-order valence-corrected chi connectivity index (χ2v) is 5.49. The Hall–Kier alpha value is -3.34. The first kappa shape index (κ1) is 15.6. The lowest BCUT2D eigenvalue weighted by atomic mass is 10.0. The summed E-state index contributed by atoms with van der Waals surface area (Å²) >= 11 is 0. The van der Waals surface area contributed by atoms with E-state index in [-0.39, 0.29) is 5.84 Å². The molecule has 4 N–H and O–H groups in total. The first-order valence-electron chi connectivity index (χ1n) is 7.47. The zero-order valence-electron chi connectivity index (χ0n) is 13.2. The van der Waals surface area contributed by atoms with Gasteiger partial charge in [0.15, 0.2) is 5.82 Å². The van der Waals surface area contributed by atoms with Gasteiger partial charge in [-0.3, -0.25) is 5.41 Å². The van der Waals surface area contributed by atoms with Crippen LogP contribution in [-0.4, -0.2) is 21.5 Å². The molecule has 1 aromatic heterocycles. The smallest absolute Gasteiger partial charge is 0.172 e. The fraction of sp³-hybridized carbons (Fsp3) is 0.0526. The van der Waals surface area contributed by atoms with E-state index in [1.54, 1.807) is 19.3 Å². The Kier molecular flexibility index (Phi) is 4.16. The summed E-state index contributed by atoms with van der Waals surface area (Å²) in [5, 5.41) is 15.0. The molecule has 0 fully saturated rings. The number of amidine groups is 1. The Bertz CT molecular complexity index is 802. The predicted molar refractivity (Wildman–Crippen MR) is 96.4 cm³/mol. The predicted octanol–water partition coefficient (Wildman–Crippen LogP) is 3.48. The largest absolute Gasteiger partial charge is 0.384 e. The monoisotopic (exact) mass is 315 g/mol. The van der Waals surface area contributed by atoms with Crippen molar-refractivity contribution in [2.24, 2.45) is 5.73 Å². The molecule has 2 aromatic carbocycles. The summed E-state index contributed by atoms with van der Waals surface area (Å²) in [6.45, 7) is 1.67. The van der Waals surface area contributed by atoms with Gasteiger partial charge in [-0.15, -0.1) is 0 Å². The molecule has 3 aromatic rings. The van der Waals surface area contributed by atoms with Gasteiger partial charge in [-0.25, -0.2) is 9.97 Å². The van der Waals surface area contributed by atoms with E-state index in [0.717, 1.165) is 22.3 Å². The van der Waals surface area contributed by atoms with Crippen molar-refractivity contribution in [2.45, 2.75) is 6.92 Å². The third-order valence-corrected chi connectivity index (χ3v) is 3.73. The third-order valence-electron chi connectivity index (χ3n) is 3.73. The number of nitrogens with one attached hydrogen (secondary N) is 2. The summed E-state index contributed by atoms with van der Waals surface area (Å²) in [7, 11) is 0. The number of hydrogen-bond acceptors (Lipinski definition) is 4. The lowest BCUT2D eigenvalue weighted by Crippen LogP contribution is -2.10. The Morgan fingerprint density at radius 3 is 1.58 bits per heavy atom. The van der Waals surface area contributed by atoms with Crippen molar-refractivity contribution in [3.05, 3.63) is 72.3 Å². The molecular formula is C19H17N5. The van der Waals surface area contributed by atoms with E-state index in [2.05, 4.69) is 9.97 Å². The van der Waals surface area contributed by atoms with E-state index in [1.165, 1.54) is 0 Å². The van der Waals surface area contributed by atoms with Crippen LogP contribution in [0.5, 0.6) is 0 Å². The van der Waals surface area contributed by atoms with Crippen LogP contribution >= 0.6 is 0 Å². The zero-order valence-corrected chi connectivity index (χ0v) is 13.2. The highest BCUT2D eigenvalue weighted by atomic mass is 14.9. The molecule has 0 unspecified atom stereocenters. The molecule has 0 bridgehead atoms. The SMILES string of the molecule is CC(=N)c1ncc(-c2ccc(-c3ccc(C(=N)N)cc3)cc2)cn1. The van der Waals surface area contributed by atoms with E-state index in [9.17, 15) is 0 Å². The summed E-state index contributed by atoms with van der Waals surface area (Å²) in [6.07, 6.45) is 3.47. The Morgan fingerprint density at radius 2 is 1.17 bits per heavy atom. The molecule has 0 saturated carbocycles. The van der Waals surface area contributed by atoms with Gasteiger partial charge in [0.2, 0.25) is 0 Å². The maximum Gasteiger partial charge on any atom is 0.172 e. The topological polar surface area (TPSA) is 99.5 Å². The van der Waals surface area contributed by atoms with Crippen LogP contribution in [0.15, 0.2) is 60.9 Å². The van der Waals surface area contributed by atoms with Gasteiger partial charge in [-0.1, -0.05) is 48.5 Å². The van der Waals surface area contributed by atoms with E-state index in [4.69, 9.17) is 16.6 Å². The van der Waals surface area contributed by atoms with Crippen LogP contribution in [0.3, 0.4) is 0 Å². The van der Waals surface area contributed by atoms with Crippen molar-refractivity contribution in [3.8, 4) is 22.3 Å². The second kappa shape index (κ2) is 6.42. The number of benzene rings is 2. The van der Waals surface area contributed by atoms with Crippen molar-refractivity contribution in [2.75, 3.05) is 0 Å². The van der Waals surface area contributed by atoms with Gasteiger partial charge in [0, 0.05) is 23.5 Å². The van der Waals surface area contributed by atoms with Gasteiger partial charge in [-0.05, 0) is 23.6 Å². The number of hydrogen-bond donors (Lipinski definition) is 3. The molecule has 0 spiro atoms. The molecule has 5 nitrogen and oxygen atoms in total. The maximum absolute atomic E-state index is 7.53. The highest BCUT2D eigenvalue weighted by Gasteiger charge is 2.04. The third kappa shape index (κ3) is 3.20. The van der Waals surface area contributed by atoms with Crippen LogP contribution < -0.4 is 5.73 Å². The standard InChI is InChI=1S/C19H17N5/c1-12(20)19-23-10-17(11-24-19)15-4-2-13(3-5-15)14-6-8-16(9-7-14)18(21)22/h2-11,20H,1H3,(H3,21,22). The molecule has 0 amide bonds. The van der Waals surface area contributed by atoms with Gasteiger partial charge in [-0.2, -0.15) is 0 Å². The maximum atomic E-state index is 7.53. The number of rotatable bonds is 4. The van der Waals surface area contributed by atoms with Crippen LogP contribution in [0.25, 0.3) is 22.3 Å². The van der Waals surface area contributed by atoms with Crippen molar-refractivity contribution in [1.82, 2.24) is 9.97 Å². The minimum absolute atomic E-state index is 0.0699. The molecule has 0 aliphatic heterocycles. The minimum atomic E-state index is 0.0699. The molecule has 0 radical (unpaired) electrons. The summed E-state index contributed by atoms with van der Waals surface area (Å²) in [6, 6.07) is 15.7. The van der Waals surface area contributed by atoms with Crippen LogP contribution in [-0.2, 0) is 0 Å². The highest BCUT2D eigenvalue weighted by molar-refractivity contribution is 5.95. The van der Waals surface area contributed by atoms with Crippen LogP contribution in [0.4, 0.5) is 0 Å². The second-order valence-electron chi connectivity index (χ2n) is 5.49. The lowest BCUT2D eigenvalue weighted by Gasteiger charge is -2.06. The molecule has 0 aliphatic rings. The minimum Gasteiger partial charge on any atom is -0.384 e. The Labute approximate surface area is 140 Å². The highest BCUT2D eigenvalue weighted by Crippen LogP contribution is 2.24. The Morgan fingerprint density at radius 1 is 0.750 bits per heavy atom. The summed E-state index contributed by atoms with van der Waals surface area (Å²) in [5.74, 6) is 0.515. The average Bonchev–Trinajstić information content (AvgIpc) is 2.62. The van der Waals surface area contributed by atoms with Gasteiger partial charge in [0.1, 0.15) is 5.84 Å². The molecule has 0 atom stereocenters. The fourth-order valence-corrected chi connectivity index (χ4v) is 2.37. The van der Waals surface area contributed by atoms with E-state index in [1.807, 2.05) is 48.5 Å². The first-order chi connectivity index (χ1) is 11.5. The van der Waals surface area contributed by atoms with E-state index in [0.29, 0.717) is 17.1 Å². The Balaban J connectivity index is 1.84. The summed E-state index contributed by atoms with van der Waals surface area (Å²) < 4.78 is 0. The molecule has 1 heterocycles. The van der Waals surface area contributed by atoms with E-state index >= 15 is 0 Å². The molecular weight excluding hydrogens is 298 g/mol. The number of nitrogens with two attached hydrogens (primary N) is 1. The van der Waals surface area contributed by atoms with Crippen molar-refractivity contribution in [3.63, 3.8) is 0 Å². The molecule has 3 rings (SSSR count). The molecule has 0 saturated heterocycles. The van der Waals surface area contributed by atoms with Crippen LogP contribution in [0, 0.1) is 10.8 Å². The molecule has 0 aliphatic carbocycles. The number of nitrogen functional groups attached to an aromatic ring is 1. The van der Waals surface area contributed by atoms with Crippen molar-refractivity contribution < 1.29 is 0 Å². The van der Waals surface area contributed by atoms with E-state index < -0.39 is 0 Å². The van der Waals surface area contributed by atoms with Gasteiger partial charge < -0.3 is 11.1 Å². The lowest BCUT2D eigenvalue weighted by molar-refractivity contribution is 1.12. The van der Waals surface area contributed by atoms with Crippen LogP contribution in [0.1, 0.15) is 18.3 Å². The molecule has 118 valence electrons. The molecule has 5 heteroatoms. The van der Waals surface area contributed by atoms with Gasteiger partial charge >= 0.3 is 0 Å². The van der Waals surface area contributed by atoms with Crippen molar-refractivity contribution >= 4 is 11.5 Å². The fourth-order valence-electron chi connectivity index (χ4n) is 2.37. The van der Waals surface area contributed by atoms with Gasteiger partial charge in [0.25, 0.3) is 0 Å².